The zero-order chi connectivity index (χ0) is 28.5. The minimum atomic E-state index is -4.26. The maximum Gasteiger partial charge on any atom is 0.266 e. The quantitative estimate of drug-likeness (QED) is 0.491. The lowest BCUT2D eigenvalue weighted by Crippen LogP contribution is -2.58. The van der Waals surface area contributed by atoms with Crippen LogP contribution in [0.4, 0.5) is 10.1 Å². The predicted molar refractivity (Wildman–Crippen MR) is 152 cm³/mol. The van der Waals surface area contributed by atoms with Gasteiger partial charge in [0, 0.05) is 24.7 Å². The van der Waals surface area contributed by atoms with Gasteiger partial charge < -0.3 is 15.5 Å². The molecule has 1 atom stereocenters. The highest BCUT2D eigenvalue weighted by Gasteiger charge is 2.44. The molecule has 40 heavy (non-hydrogen) atoms. The number of sulfonamides is 1. The summed E-state index contributed by atoms with van der Waals surface area (Å²) in [6.07, 6.45) is 6.21. The van der Waals surface area contributed by atoms with E-state index in [1.807, 2.05) is 17.9 Å². The van der Waals surface area contributed by atoms with Gasteiger partial charge in [-0.15, -0.1) is 0 Å². The Labute approximate surface area is 239 Å². The van der Waals surface area contributed by atoms with Crippen LogP contribution < -0.4 is 14.9 Å². The number of nitrogens with zero attached hydrogens (tertiary/aromatic N) is 2. The number of hydrogen-bond acceptors (Lipinski definition) is 5. The molecular weight excluding hydrogens is 555 g/mol. The van der Waals surface area contributed by atoms with Gasteiger partial charge in [0.2, 0.25) is 5.91 Å². The lowest BCUT2D eigenvalue weighted by atomic mass is 9.73. The molecule has 4 aliphatic heterocycles. The Morgan fingerprint density at radius 2 is 1.73 bits per heavy atom. The summed E-state index contributed by atoms with van der Waals surface area (Å²) in [6, 6.07) is 9.17. The lowest BCUT2D eigenvalue weighted by molar-refractivity contribution is -0.150. The molecular formula is C29H34ClFN4O4S. The van der Waals surface area contributed by atoms with Gasteiger partial charge in [-0.3, -0.25) is 13.9 Å². The number of hydrogen-bond donors (Lipinski definition) is 2. The Morgan fingerprint density at radius 3 is 2.42 bits per heavy atom. The Hall–Kier alpha value is -2.95. The lowest BCUT2D eigenvalue weighted by Gasteiger charge is -2.47. The summed E-state index contributed by atoms with van der Waals surface area (Å²) in [6.45, 7) is 4.66. The van der Waals surface area contributed by atoms with Crippen LogP contribution >= 0.6 is 11.6 Å². The summed E-state index contributed by atoms with van der Waals surface area (Å²) in [5, 5.41) is 6.27. The molecule has 1 spiro atoms. The van der Waals surface area contributed by atoms with Crippen molar-refractivity contribution in [1.82, 2.24) is 15.5 Å². The number of rotatable bonds is 1. The first-order valence-electron chi connectivity index (χ1n) is 13.6. The number of nitrogens with one attached hydrogen (secondary N) is 2. The first kappa shape index (κ1) is 28.6. The number of fused-ring (bicyclic) bond motifs is 7. The summed E-state index contributed by atoms with van der Waals surface area (Å²) in [5.41, 5.74) is -0.127. The summed E-state index contributed by atoms with van der Waals surface area (Å²) in [5.74, 6) is -0.477. The van der Waals surface area contributed by atoms with Crippen LogP contribution in [0, 0.1) is 17.2 Å². The van der Waals surface area contributed by atoms with Crippen LogP contribution in [0.15, 0.2) is 59.5 Å². The van der Waals surface area contributed by atoms with Crippen LogP contribution in [-0.2, 0) is 14.8 Å². The second kappa shape index (κ2) is 11.5. The van der Waals surface area contributed by atoms with Gasteiger partial charge in [0.1, 0.15) is 10.7 Å². The fraction of sp³-hybridized carbons (Fsp3) is 0.448. The average Bonchev–Trinajstić information content (AvgIpc) is 2.91. The number of carbonyl (C=O) groups excluding carboxylic acids is 2. The van der Waals surface area contributed by atoms with E-state index in [1.165, 1.54) is 42.5 Å². The highest BCUT2D eigenvalue weighted by Crippen LogP contribution is 2.38. The first-order valence-corrected chi connectivity index (χ1v) is 15.4. The number of piperidine rings is 1. The van der Waals surface area contributed by atoms with Crippen LogP contribution in [-0.4, -0.2) is 63.9 Å². The molecule has 6 rings (SSSR count). The zero-order valence-corrected chi connectivity index (χ0v) is 24.0. The molecule has 0 saturated carbocycles. The van der Waals surface area contributed by atoms with Gasteiger partial charge in [0.15, 0.2) is 0 Å². The van der Waals surface area contributed by atoms with E-state index in [1.54, 1.807) is 6.08 Å². The summed E-state index contributed by atoms with van der Waals surface area (Å²) in [4.78, 5) is 28.5. The highest BCUT2D eigenvalue weighted by molar-refractivity contribution is 7.93. The summed E-state index contributed by atoms with van der Waals surface area (Å²) >= 11 is 6.38. The summed E-state index contributed by atoms with van der Waals surface area (Å²) < 4.78 is 42.8. The smallest absolute Gasteiger partial charge is 0.266 e. The number of benzene rings is 2. The van der Waals surface area contributed by atoms with Crippen molar-refractivity contribution in [3.63, 3.8) is 0 Å². The van der Waals surface area contributed by atoms with Crippen LogP contribution in [0.5, 0.6) is 0 Å². The van der Waals surface area contributed by atoms with Gasteiger partial charge in [-0.25, -0.2) is 12.8 Å². The Morgan fingerprint density at radius 1 is 1.02 bits per heavy atom. The van der Waals surface area contributed by atoms with Crippen LogP contribution in [0.3, 0.4) is 0 Å². The Kier molecular flexibility index (Phi) is 8.22. The normalized spacial score (nSPS) is 24.5. The fourth-order valence-corrected chi connectivity index (χ4v) is 7.81. The molecule has 4 heterocycles. The topological polar surface area (TPSA) is 98.8 Å². The van der Waals surface area contributed by atoms with E-state index in [0.29, 0.717) is 38.8 Å². The van der Waals surface area contributed by atoms with Crippen molar-refractivity contribution in [2.75, 3.05) is 37.0 Å². The molecule has 0 aromatic heterocycles. The SMILES string of the molecule is CC1CC2CN(C2)C(=O)C2(C/C=C/CN(c3ccc(F)cc3)S(=O)(=O)c3cc(ccc3Cl)C(=O)N1)CCNCC2. The molecule has 11 heteroatoms. The van der Waals surface area contributed by atoms with Gasteiger partial charge in [-0.2, -0.15) is 0 Å². The van der Waals surface area contributed by atoms with E-state index in [2.05, 4.69) is 10.6 Å². The Bertz CT molecular complexity index is 1400. The Balaban J connectivity index is 1.55. The highest BCUT2D eigenvalue weighted by atomic mass is 35.5. The van der Waals surface area contributed by atoms with Gasteiger partial charge in [0.05, 0.1) is 22.7 Å². The largest absolute Gasteiger partial charge is 0.350 e. The zero-order valence-electron chi connectivity index (χ0n) is 22.4. The minimum Gasteiger partial charge on any atom is -0.350 e. The number of amides is 2. The van der Waals surface area contributed by atoms with Crippen molar-refractivity contribution < 1.29 is 22.4 Å². The molecule has 2 aromatic carbocycles. The standard InChI is InChI=1S/C29H34ClFN4O4S/c1-20-16-21-18-34(19-21)28(37)29(11-13-32-14-12-29)10-2-3-15-35(24-7-5-23(31)6-8-24)40(38,39)26-17-22(27(36)33-20)4-9-25(26)30/h2-9,17,20-21,32H,10-16,18-19H2,1H3,(H,33,36)/b3-2+. The van der Waals surface area contributed by atoms with E-state index in [-0.39, 0.29) is 45.6 Å². The second-order valence-corrected chi connectivity index (χ2v) is 13.3. The van der Waals surface area contributed by atoms with Gasteiger partial charge in [-0.05, 0) is 94.1 Å². The van der Waals surface area contributed by atoms with Crippen molar-refractivity contribution >= 4 is 39.1 Å². The molecule has 214 valence electrons. The van der Waals surface area contributed by atoms with E-state index in [0.717, 1.165) is 17.4 Å². The van der Waals surface area contributed by atoms with Crippen molar-refractivity contribution in [2.24, 2.45) is 11.3 Å². The number of carbonyl (C=O) groups is 2. The third-order valence-corrected chi connectivity index (χ3v) is 10.4. The van der Waals surface area contributed by atoms with Gasteiger partial charge >= 0.3 is 0 Å². The van der Waals surface area contributed by atoms with E-state index < -0.39 is 27.2 Å². The first-order chi connectivity index (χ1) is 19.1. The molecule has 4 aliphatic rings. The molecule has 8 nitrogen and oxygen atoms in total. The third kappa shape index (κ3) is 5.75. The fourth-order valence-electron chi connectivity index (χ4n) is 5.89. The molecule has 2 amide bonds. The number of allylic oxidation sites excluding steroid dienone is 1. The molecule has 2 N–H and O–H groups in total. The monoisotopic (exact) mass is 588 g/mol. The molecule has 2 saturated heterocycles. The van der Waals surface area contributed by atoms with E-state index in [4.69, 9.17) is 11.6 Å². The minimum absolute atomic E-state index is 0.0242. The predicted octanol–water partition coefficient (Wildman–Crippen LogP) is 3.97. The van der Waals surface area contributed by atoms with Gasteiger partial charge in [-0.1, -0.05) is 23.8 Å². The molecule has 0 aliphatic carbocycles. The van der Waals surface area contributed by atoms with Crippen molar-refractivity contribution in [2.45, 2.75) is 43.5 Å². The third-order valence-electron chi connectivity index (χ3n) is 8.15. The van der Waals surface area contributed by atoms with E-state index >= 15 is 0 Å². The average molecular weight is 589 g/mol. The maximum atomic E-state index is 14.0. The maximum absolute atomic E-state index is 14.0. The van der Waals surface area contributed by atoms with Crippen LogP contribution in [0.1, 0.15) is 43.0 Å². The molecule has 1 unspecified atom stereocenters. The van der Waals surface area contributed by atoms with E-state index in [9.17, 15) is 22.4 Å². The molecule has 0 radical (unpaired) electrons. The van der Waals surface area contributed by atoms with Crippen LogP contribution in [0.2, 0.25) is 5.02 Å². The van der Waals surface area contributed by atoms with Crippen molar-refractivity contribution in [1.29, 1.82) is 0 Å². The number of halogens is 2. The second-order valence-electron chi connectivity index (χ2n) is 11.0. The molecule has 2 aromatic rings. The van der Waals surface area contributed by atoms with Crippen LogP contribution in [0.25, 0.3) is 0 Å². The number of anilines is 1. The van der Waals surface area contributed by atoms with Crippen molar-refractivity contribution in [3.8, 4) is 0 Å². The molecule has 2 fully saturated rings. The summed E-state index contributed by atoms with van der Waals surface area (Å²) in [7, 11) is -4.26. The van der Waals surface area contributed by atoms with Gasteiger partial charge in [0.25, 0.3) is 15.9 Å². The van der Waals surface area contributed by atoms with Crippen molar-refractivity contribution in [3.05, 3.63) is 71.0 Å². The molecule has 4 bridgehead atoms.